The first kappa shape index (κ1) is 12.1. The monoisotopic (exact) mass is 253 g/mol. The van der Waals surface area contributed by atoms with Gasteiger partial charge in [0.2, 0.25) is 5.91 Å². The van der Waals surface area contributed by atoms with Crippen LogP contribution >= 0.6 is 11.3 Å². The Kier molecular flexibility index (Phi) is 3.78. The van der Waals surface area contributed by atoms with Gasteiger partial charge in [-0.1, -0.05) is 12.8 Å². The third-order valence-electron chi connectivity index (χ3n) is 3.02. The van der Waals surface area contributed by atoms with E-state index in [1.165, 1.54) is 18.4 Å². The molecule has 4 nitrogen and oxygen atoms in total. The molecule has 1 aromatic heterocycles. The molecule has 92 valence electrons. The summed E-state index contributed by atoms with van der Waals surface area (Å²) in [4.78, 5) is 23.8. The average molecular weight is 253 g/mol. The van der Waals surface area contributed by atoms with Crippen molar-refractivity contribution in [1.82, 2.24) is 0 Å². The van der Waals surface area contributed by atoms with Crippen molar-refractivity contribution in [2.45, 2.75) is 25.7 Å². The normalized spacial score (nSPS) is 15.8. The molecule has 1 aliphatic carbocycles. The van der Waals surface area contributed by atoms with Gasteiger partial charge in [0, 0.05) is 5.92 Å². The third-order valence-corrected chi connectivity index (χ3v) is 3.91. The van der Waals surface area contributed by atoms with Gasteiger partial charge in [0.1, 0.15) is 4.88 Å². The topological polar surface area (TPSA) is 55.4 Å². The van der Waals surface area contributed by atoms with Gasteiger partial charge < -0.3 is 10.1 Å². The molecular weight excluding hydrogens is 238 g/mol. The summed E-state index contributed by atoms with van der Waals surface area (Å²) in [7, 11) is 1.34. The molecule has 1 aliphatic rings. The van der Waals surface area contributed by atoms with Crippen molar-refractivity contribution in [2.75, 3.05) is 12.4 Å². The predicted octanol–water partition coefficient (Wildman–Crippen LogP) is 2.66. The molecule has 1 amide bonds. The molecule has 1 saturated carbocycles. The Balaban J connectivity index is 2.05. The summed E-state index contributed by atoms with van der Waals surface area (Å²) in [5.41, 5.74) is 0.568. The van der Waals surface area contributed by atoms with E-state index < -0.39 is 5.97 Å². The highest BCUT2D eigenvalue weighted by Crippen LogP contribution is 2.28. The predicted molar refractivity (Wildman–Crippen MR) is 66.2 cm³/mol. The Morgan fingerprint density at radius 2 is 2.12 bits per heavy atom. The second-order valence-electron chi connectivity index (χ2n) is 4.13. The van der Waals surface area contributed by atoms with Crippen LogP contribution in [-0.2, 0) is 9.53 Å². The number of esters is 1. The lowest BCUT2D eigenvalue weighted by molar-refractivity contribution is -0.119. The zero-order valence-electron chi connectivity index (χ0n) is 9.69. The van der Waals surface area contributed by atoms with E-state index in [1.54, 1.807) is 11.4 Å². The Labute approximate surface area is 104 Å². The lowest BCUT2D eigenvalue weighted by Gasteiger charge is -2.10. The number of rotatable bonds is 3. The molecule has 0 unspecified atom stereocenters. The lowest BCUT2D eigenvalue weighted by atomic mass is 10.1. The maximum absolute atomic E-state index is 11.9. The first-order chi connectivity index (χ1) is 8.22. The van der Waals surface area contributed by atoms with Crippen LogP contribution in [0, 0.1) is 5.92 Å². The summed E-state index contributed by atoms with van der Waals surface area (Å²) in [6.45, 7) is 0. The molecule has 2 rings (SSSR count). The second kappa shape index (κ2) is 5.31. The Bertz CT molecular complexity index is 421. The Morgan fingerprint density at radius 3 is 2.76 bits per heavy atom. The van der Waals surface area contributed by atoms with E-state index in [0.29, 0.717) is 10.6 Å². The van der Waals surface area contributed by atoms with Crippen LogP contribution in [0.1, 0.15) is 35.4 Å². The SMILES string of the molecule is COC(=O)c1sccc1NC(=O)C1CCCC1. The van der Waals surface area contributed by atoms with Crippen LogP contribution in [0.5, 0.6) is 0 Å². The zero-order chi connectivity index (χ0) is 12.3. The van der Waals surface area contributed by atoms with Crippen LogP contribution < -0.4 is 5.32 Å². The number of carbonyl (C=O) groups excluding carboxylic acids is 2. The molecule has 1 heterocycles. The van der Waals surface area contributed by atoms with Crippen molar-refractivity contribution in [3.05, 3.63) is 16.3 Å². The van der Waals surface area contributed by atoms with Crippen LogP contribution in [0.25, 0.3) is 0 Å². The molecule has 0 radical (unpaired) electrons. The summed E-state index contributed by atoms with van der Waals surface area (Å²) in [6, 6.07) is 1.74. The van der Waals surface area contributed by atoms with Gasteiger partial charge in [-0.25, -0.2) is 4.79 Å². The maximum atomic E-state index is 11.9. The molecule has 1 N–H and O–H groups in total. The van der Waals surface area contributed by atoms with E-state index in [0.717, 1.165) is 25.7 Å². The van der Waals surface area contributed by atoms with Crippen molar-refractivity contribution < 1.29 is 14.3 Å². The average Bonchev–Trinajstić information content (AvgIpc) is 2.98. The summed E-state index contributed by atoms with van der Waals surface area (Å²) < 4.78 is 4.66. The minimum Gasteiger partial charge on any atom is -0.465 e. The van der Waals surface area contributed by atoms with E-state index >= 15 is 0 Å². The number of ether oxygens (including phenoxy) is 1. The van der Waals surface area contributed by atoms with Crippen LogP contribution in [0.2, 0.25) is 0 Å². The minimum absolute atomic E-state index is 0.0195. The van der Waals surface area contributed by atoms with E-state index in [-0.39, 0.29) is 11.8 Å². The molecule has 0 aromatic carbocycles. The molecule has 0 atom stereocenters. The molecule has 1 aromatic rings. The fourth-order valence-corrected chi connectivity index (χ4v) is 2.85. The first-order valence-electron chi connectivity index (χ1n) is 5.69. The first-order valence-corrected chi connectivity index (χ1v) is 6.57. The van der Waals surface area contributed by atoms with Crippen LogP contribution in [-0.4, -0.2) is 19.0 Å². The van der Waals surface area contributed by atoms with Crippen molar-refractivity contribution in [3.8, 4) is 0 Å². The maximum Gasteiger partial charge on any atom is 0.350 e. The number of amides is 1. The summed E-state index contributed by atoms with van der Waals surface area (Å²) in [5.74, 6) is -0.284. The third kappa shape index (κ3) is 2.66. The van der Waals surface area contributed by atoms with E-state index in [9.17, 15) is 9.59 Å². The van der Waals surface area contributed by atoms with Crippen molar-refractivity contribution in [1.29, 1.82) is 0 Å². The van der Waals surface area contributed by atoms with Crippen molar-refractivity contribution >= 4 is 28.9 Å². The molecular formula is C12H15NO3S. The molecule has 0 spiro atoms. The van der Waals surface area contributed by atoms with Gasteiger partial charge in [-0.05, 0) is 24.3 Å². The van der Waals surface area contributed by atoms with Gasteiger partial charge in [0.25, 0.3) is 0 Å². The quantitative estimate of drug-likeness (QED) is 0.842. The minimum atomic E-state index is -0.401. The lowest BCUT2D eigenvalue weighted by Crippen LogP contribution is -2.21. The molecule has 5 heteroatoms. The standard InChI is InChI=1S/C12H15NO3S/c1-16-12(15)10-9(6-7-17-10)13-11(14)8-4-2-3-5-8/h6-8H,2-5H2,1H3,(H,13,14). The molecule has 17 heavy (non-hydrogen) atoms. The number of thiophene rings is 1. The van der Waals surface area contributed by atoms with Gasteiger partial charge >= 0.3 is 5.97 Å². The highest BCUT2D eigenvalue weighted by atomic mass is 32.1. The van der Waals surface area contributed by atoms with Gasteiger partial charge in [0.15, 0.2) is 0 Å². The van der Waals surface area contributed by atoms with Gasteiger partial charge in [-0.15, -0.1) is 11.3 Å². The zero-order valence-corrected chi connectivity index (χ0v) is 10.5. The van der Waals surface area contributed by atoms with Gasteiger partial charge in [-0.3, -0.25) is 4.79 Å². The van der Waals surface area contributed by atoms with Crippen LogP contribution in [0.3, 0.4) is 0 Å². The summed E-state index contributed by atoms with van der Waals surface area (Å²) in [6.07, 6.45) is 4.13. The molecule has 0 aliphatic heterocycles. The van der Waals surface area contributed by atoms with Crippen molar-refractivity contribution in [3.63, 3.8) is 0 Å². The Hall–Kier alpha value is -1.36. The van der Waals surface area contributed by atoms with Gasteiger partial charge in [-0.2, -0.15) is 0 Å². The fraction of sp³-hybridized carbons (Fsp3) is 0.500. The highest BCUT2D eigenvalue weighted by Gasteiger charge is 2.24. The Morgan fingerprint density at radius 1 is 1.41 bits per heavy atom. The number of nitrogens with one attached hydrogen (secondary N) is 1. The van der Waals surface area contributed by atoms with E-state index in [2.05, 4.69) is 10.1 Å². The number of anilines is 1. The van der Waals surface area contributed by atoms with E-state index in [1.807, 2.05) is 0 Å². The summed E-state index contributed by atoms with van der Waals surface area (Å²) >= 11 is 1.28. The van der Waals surface area contributed by atoms with Crippen LogP contribution in [0.4, 0.5) is 5.69 Å². The van der Waals surface area contributed by atoms with E-state index in [4.69, 9.17) is 0 Å². The number of hydrogen-bond acceptors (Lipinski definition) is 4. The smallest absolute Gasteiger partial charge is 0.350 e. The number of hydrogen-bond donors (Lipinski definition) is 1. The summed E-state index contributed by atoms with van der Waals surface area (Å²) in [5, 5.41) is 4.59. The second-order valence-corrected chi connectivity index (χ2v) is 5.04. The molecule has 0 saturated heterocycles. The van der Waals surface area contributed by atoms with Crippen LogP contribution in [0.15, 0.2) is 11.4 Å². The fourth-order valence-electron chi connectivity index (χ4n) is 2.08. The number of methoxy groups -OCH3 is 1. The van der Waals surface area contributed by atoms with Gasteiger partial charge in [0.05, 0.1) is 12.8 Å². The largest absolute Gasteiger partial charge is 0.465 e. The van der Waals surface area contributed by atoms with Crippen molar-refractivity contribution in [2.24, 2.45) is 5.92 Å². The highest BCUT2D eigenvalue weighted by molar-refractivity contribution is 7.12. The molecule has 0 bridgehead atoms. The molecule has 1 fully saturated rings. The number of carbonyl (C=O) groups is 2.